The molecule has 5 heteroatoms. The van der Waals surface area contributed by atoms with Gasteiger partial charge in [-0.2, -0.15) is 0 Å². The Balaban J connectivity index is 2.89. The lowest BCUT2D eigenvalue weighted by Crippen LogP contribution is -2.34. The van der Waals surface area contributed by atoms with Gasteiger partial charge in [0, 0.05) is 19.2 Å². The van der Waals surface area contributed by atoms with E-state index in [-0.39, 0.29) is 18.3 Å². The number of nitrogens with one attached hydrogen (secondary N) is 1. The van der Waals surface area contributed by atoms with Gasteiger partial charge in [-0.3, -0.25) is 0 Å². The Labute approximate surface area is 112 Å². The molecule has 1 N–H and O–H groups in total. The van der Waals surface area contributed by atoms with Crippen molar-refractivity contribution < 1.29 is 13.9 Å². The fourth-order valence-corrected chi connectivity index (χ4v) is 1.55. The molecule has 0 unspecified atom stereocenters. The molecule has 0 bridgehead atoms. The number of hydrogen-bond donors (Lipinski definition) is 1. The summed E-state index contributed by atoms with van der Waals surface area (Å²) in [6.45, 7) is 4.92. The Kier molecular flexibility index (Phi) is 5.68. The molecule has 0 fully saturated rings. The van der Waals surface area contributed by atoms with Gasteiger partial charge in [-0.25, -0.2) is 9.18 Å². The quantitative estimate of drug-likeness (QED) is 0.831. The molecule has 0 saturated carbocycles. The summed E-state index contributed by atoms with van der Waals surface area (Å²) in [6, 6.07) is 3.58. The minimum Gasteiger partial charge on any atom is -0.479 e. The maximum Gasteiger partial charge on any atom is 0.321 e. The first kappa shape index (κ1) is 14.8. The lowest BCUT2D eigenvalue weighted by atomic mass is 10.3. The number of hydrogen-bond acceptors (Lipinski definition) is 2. The minimum absolute atomic E-state index is 0.0553. The molecule has 0 heterocycles. The first-order chi connectivity index (χ1) is 9.12. The summed E-state index contributed by atoms with van der Waals surface area (Å²) in [6.07, 6.45) is 5.10. The molecule has 0 saturated heterocycles. The number of ether oxygens (including phenoxy) is 1. The molecule has 2 amide bonds. The molecule has 0 aromatic heterocycles. The topological polar surface area (TPSA) is 41.6 Å². The van der Waals surface area contributed by atoms with E-state index in [9.17, 15) is 9.18 Å². The van der Waals surface area contributed by atoms with Crippen molar-refractivity contribution in [2.75, 3.05) is 25.0 Å². The van der Waals surface area contributed by atoms with Crippen molar-refractivity contribution in [2.24, 2.45) is 0 Å². The van der Waals surface area contributed by atoms with Crippen LogP contribution in [0.4, 0.5) is 14.9 Å². The van der Waals surface area contributed by atoms with Crippen molar-refractivity contribution in [1.29, 1.82) is 0 Å². The molecule has 19 heavy (non-hydrogen) atoms. The number of amides is 2. The van der Waals surface area contributed by atoms with E-state index < -0.39 is 5.82 Å². The van der Waals surface area contributed by atoms with Crippen molar-refractivity contribution in [3.05, 3.63) is 24.0 Å². The highest BCUT2D eigenvalue weighted by molar-refractivity contribution is 5.90. The molecule has 1 rings (SSSR count). The van der Waals surface area contributed by atoms with Gasteiger partial charge < -0.3 is 15.0 Å². The zero-order valence-electron chi connectivity index (χ0n) is 11.1. The summed E-state index contributed by atoms with van der Waals surface area (Å²) in [4.78, 5) is 13.5. The normalized spacial score (nSPS) is 9.58. The predicted octanol–water partition coefficient (Wildman–Crippen LogP) is 2.71. The van der Waals surface area contributed by atoms with Crippen molar-refractivity contribution in [2.45, 2.75) is 13.8 Å². The summed E-state index contributed by atoms with van der Waals surface area (Å²) in [5.74, 6) is 2.21. The number of terminal acetylenes is 1. The van der Waals surface area contributed by atoms with Crippen LogP contribution >= 0.6 is 0 Å². The van der Waals surface area contributed by atoms with E-state index in [0.717, 1.165) is 0 Å². The third-order valence-corrected chi connectivity index (χ3v) is 2.54. The van der Waals surface area contributed by atoms with Crippen LogP contribution in [0.15, 0.2) is 18.2 Å². The molecular weight excluding hydrogens is 247 g/mol. The lowest BCUT2D eigenvalue weighted by molar-refractivity contribution is 0.217. The second-order valence-corrected chi connectivity index (χ2v) is 3.74. The van der Waals surface area contributed by atoms with Gasteiger partial charge in [0.2, 0.25) is 0 Å². The molecule has 0 spiro atoms. The van der Waals surface area contributed by atoms with E-state index in [1.807, 2.05) is 13.8 Å². The van der Waals surface area contributed by atoms with E-state index in [4.69, 9.17) is 11.2 Å². The zero-order chi connectivity index (χ0) is 14.3. The molecule has 1 aromatic carbocycles. The smallest absolute Gasteiger partial charge is 0.321 e. The highest BCUT2D eigenvalue weighted by Gasteiger charge is 2.13. The number of benzene rings is 1. The average molecular weight is 264 g/mol. The highest BCUT2D eigenvalue weighted by atomic mass is 19.1. The Morgan fingerprint density at radius 3 is 2.74 bits per heavy atom. The van der Waals surface area contributed by atoms with Crippen molar-refractivity contribution in [3.63, 3.8) is 0 Å². The number of carbonyl (C=O) groups excluding carboxylic acids is 1. The largest absolute Gasteiger partial charge is 0.479 e. The fourth-order valence-electron chi connectivity index (χ4n) is 1.55. The first-order valence-electron chi connectivity index (χ1n) is 6.04. The summed E-state index contributed by atoms with van der Waals surface area (Å²) in [5, 5.41) is 2.62. The fraction of sp³-hybridized carbons (Fsp3) is 0.357. The van der Waals surface area contributed by atoms with Crippen LogP contribution in [0.1, 0.15) is 13.8 Å². The van der Waals surface area contributed by atoms with Crippen LogP contribution in [0.2, 0.25) is 0 Å². The Hall–Kier alpha value is -2.22. The van der Waals surface area contributed by atoms with Crippen LogP contribution < -0.4 is 10.1 Å². The summed E-state index contributed by atoms with van der Waals surface area (Å²) < 4.78 is 18.5. The number of rotatable bonds is 5. The van der Waals surface area contributed by atoms with Crippen molar-refractivity contribution in [3.8, 4) is 18.1 Å². The second-order valence-electron chi connectivity index (χ2n) is 3.74. The Morgan fingerprint density at radius 2 is 2.16 bits per heavy atom. The molecule has 0 radical (unpaired) electrons. The Morgan fingerprint density at radius 1 is 1.47 bits per heavy atom. The SMILES string of the molecule is C#CCOc1ccc(F)cc1NC(=O)N(CC)CC. The van der Waals surface area contributed by atoms with E-state index in [1.165, 1.54) is 18.2 Å². The summed E-state index contributed by atoms with van der Waals surface area (Å²) in [7, 11) is 0. The van der Waals surface area contributed by atoms with E-state index in [2.05, 4.69) is 11.2 Å². The number of carbonyl (C=O) groups is 1. The predicted molar refractivity (Wildman–Crippen MR) is 72.7 cm³/mol. The maximum absolute atomic E-state index is 13.2. The minimum atomic E-state index is -0.456. The van der Waals surface area contributed by atoms with Crippen molar-refractivity contribution >= 4 is 11.7 Å². The average Bonchev–Trinajstić information content (AvgIpc) is 2.39. The van der Waals surface area contributed by atoms with Gasteiger partial charge in [0.05, 0.1) is 5.69 Å². The van der Waals surface area contributed by atoms with Gasteiger partial charge in [-0.1, -0.05) is 5.92 Å². The highest BCUT2D eigenvalue weighted by Crippen LogP contribution is 2.25. The molecule has 1 aromatic rings. The number of anilines is 1. The van der Waals surface area contributed by atoms with Gasteiger partial charge in [-0.15, -0.1) is 6.42 Å². The summed E-state index contributed by atoms with van der Waals surface area (Å²) in [5.41, 5.74) is 0.271. The van der Waals surface area contributed by atoms with E-state index in [1.54, 1.807) is 4.90 Å². The number of halogens is 1. The van der Waals surface area contributed by atoms with Gasteiger partial charge in [0.15, 0.2) is 0 Å². The standard InChI is InChI=1S/C14H17FN2O2/c1-4-9-19-13-8-7-11(15)10-12(13)16-14(18)17(5-2)6-3/h1,7-8,10H,5-6,9H2,2-3H3,(H,16,18). The monoisotopic (exact) mass is 264 g/mol. The maximum atomic E-state index is 13.2. The molecule has 0 aliphatic heterocycles. The van der Waals surface area contributed by atoms with Crippen LogP contribution in [-0.4, -0.2) is 30.6 Å². The van der Waals surface area contributed by atoms with Gasteiger partial charge >= 0.3 is 6.03 Å². The summed E-state index contributed by atoms with van der Waals surface area (Å²) >= 11 is 0. The lowest BCUT2D eigenvalue weighted by Gasteiger charge is -2.20. The van der Waals surface area contributed by atoms with Crippen LogP contribution in [0.5, 0.6) is 5.75 Å². The van der Waals surface area contributed by atoms with Crippen LogP contribution in [-0.2, 0) is 0 Å². The van der Waals surface area contributed by atoms with E-state index in [0.29, 0.717) is 18.8 Å². The van der Waals surface area contributed by atoms with Gasteiger partial charge in [-0.05, 0) is 26.0 Å². The third kappa shape index (κ3) is 4.18. The molecule has 0 atom stereocenters. The number of nitrogens with zero attached hydrogens (tertiary/aromatic N) is 1. The zero-order valence-corrected chi connectivity index (χ0v) is 11.1. The molecule has 4 nitrogen and oxygen atoms in total. The molecule has 0 aliphatic carbocycles. The molecule has 0 aliphatic rings. The van der Waals surface area contributed by atoms with Gasteiger partial charge in [0.1, 0.15) is 18.2 Å². The molecule has 102 valence electrons. The van der Waals surface area contributed by atoms with E-state index >= 15 is 0 Å². The van der Waals surface area contributed by atoms with Crippen LogP contribution in [0, 0.1) is 18.2 Å². The van der Waals surface area contributed by atoms with Crippen molar-refractivity contribution in [1.82, 2.24) is 4.90 Å². The van der Waals surface area contributed by atoms with Crippen LogP contribution in [0.25, 0.3) is 0 Å². The Bertz CT molecular complexity index is 479. The number of urea groups is 1. The third-order valence-electron chi connectivity index (χ3n) is 2.54. The first-order valence-corrected chi connectivity index (χ1v) is 6.04. The van der Waals surface area contributed by atoms with Crippen LogP contribution in [0.3, 0.4) is 0 Å². The molecular formula is C14H17FN2O2. The van der Waals surface area contributed by atoms with Gasteiger partial charge in [0.25, 0.3) is 0 Å². The second kappa shape index (κ2) is 7.27.